The van der Waals surface area contributed by atoms with Gasteiger partial charge in [0.2, 0.25) is 35.4 Å². The van der Waals surface area contributed by atoms with Crippen LogP contribution in [0.3, 0.4) is 0 Å². The van der Waals surface area contributed by atoms with Crippen LogP contribution in [0.4, 0.5) is 0 Å². The highest BCUT2D eigenvalue weighted by molar-refractivity contribution is 5.92. The van der Waals surface area contributed by atoms with Crippen molar-refractivity contribution in [3.05, 3.63) is 0 Å². The molecule has 3 fully saturated rings. The highest BCUT2D eigenvalue weighted by Gasteiger charge is 2.46. The Morgan fingerprint density at radius 1 is 0.466 bits per heavy atom. The summed E-state index contributed by atoms with van der Waals surface area (Å²) in [6.45, 7) is 28.8. The molecule has 18 atom stereocenters. The third-order valence-corrected chi connectivity index (χ3v) is 19.7. The minimum atomic E-state index is -0.780. The summed E-state index contributed by atoms with van der Waals surface area (Å²) >= 11 is 0. The van der Waals surface area contributed by atoms with Crippen molar-refractivity contribution in [2.45, 2.75) is 233 Å². The Labute approximate surface area is 530 Å². The molecule has 22 heteroatoms. The average molecular weight is 1250 g/mol. The molecule has 0 aromatic heterocycles. The molecule has 3 saturated heterocycles. The lowest BCUT2D eigenvalue weighted by Gasteiger charge is -2.40. The van der Waals surface area contributed by atoms with Gasteiger partial charge in [-0.3, -0.25) is 48.2 Å². The zero-order valence-electron chi connectivity index (χ0n) is 58.8. The number of amides is 6. The Morgan fingerprint density at radius 3 is 1.01 bits per heavy atom. The van der Waals surface area contributed by atoms with E-state index in [4.69, 9.17) is 18.9 Å². The molecule has 0 aromatic rings. The van der Waals surface area contributed by atoms with Gasteiger partial charge in [0, 0.05) is 93.6 Å². The summed E-state index contributed by atoms with van der Waals surface area (Å²) < 4.78 is 24.2. The fourth-order valence-corrected chi connectivity index (χ4v) is 14.4. The van der Waals surface area contributed by atoms with E-state index in [9.17, 15) is 38.4 Å². The van der Waals surface area contributed by atoms with Gasteiger partial charge in [0.1, 0.15) is 12.1 Å². The van der Waals surface area contributed by atoms with Crippen LogP contribution in [0.2, 0.25) is 0 Å². The molecule has 4 N–H and O–H groups in total. The minimum absolute atomic E-state index is 0.0259. The van der Waals surface area contributed by atoms with E-state index >= 15 is 0 Å². The first kappa shape index (κ1) is 78.1. The van der Waals surface area contributed by atoms with Crippen LogP contribution in [0.1, 0.15) is 148 Å². The van der Waals surface area contributed by atoms with Crippen LogP contribution < -0.4 is 21.3 Å². The Morgan fingerprint density at radius 2 is 0.773 bits per heavy atom. The van der Waals surface area contributed by atoms with Crippen LogP contribution in [0.15, 0.2) is 0 Å². The summed E-state index contributed by atoms with van der Waals surface area (Å²) in [4.78, 5) is 124. The summed E-state index contributed by atoms with van der Waals surface area (Å²) in [5.74, 6) is -2.74. The number of carbonyl (C=O) groups excluding carboxylic acids is 8. The van der Waals surface area contributed by atoms with Crippen LogP contribution in [-0.2, 0) is 57.3 Å². The number of nitrogens with zero attached hydrogens (tertiary/aromatic N) is 6. The Hall–Kier alpha value is -4.16. The predicted octanol–water partition coefficient (Wildman–Crippen LogP) is 4.35. The molecule has 3 aliphatic rings. The van der Waals surface area contributed by atoms with Crippen molar-refractivity contribution >= 4 is 47.0 Å². The number of ketones is 2. The summed E-state index contributed by atoms with van der Waals surface area (Å²) in [5, 5.41) is 13.1. The number of likely N-dealkylation sites (N-methyl/N-ethyl adjacent to an activating group) is 4. The molecule has 0 radical (unpaired) electrons. The molecule has 22 nitrogen and oxygen atoms in total. The number of nitrogens with one attached hydrogen (secondary N) is 4. The largest absolute Gasteiger partial charge is 0.379 e. The van der Waals surface area contributed by atoms with Gasteiger partial charge in [-0.15, -0.1) is 0 Å². The van der Waals surface area contributed by atoms with E-state index in [2.05, 4.69) is 21.3 Å². The van der Waals surface area contributed by atoms with Crippen LogP contribution in [-0.4, -0.2) is 258 Å². The number of piperazine rings is 1. The van der Waals surface area contributed by atoms with E-state index in [1.807, 2.05) is 135 Å². The van der Waals surface area contributed by atoms with Crippen molar-refractivity contribution in [3.8, 4) is 0 Å². The molecule has 0 bridgehead atoms. The number of rotatable bonds is 36. The number of hydrogen-bond acceptors (Lipinski definition) is 16. The molecule has 3 rings (SSSR count). The second-order valence-corrected chi connectivity index (χ2v) is 27.7. The Bertz CT molecular complexity index is 2080. The SMILES string of the molecule is CCC(C)C(C(CC(=O)C1CCC(C(OC)C(C)C(=O)N2CCN(C(=O)C(C)C(OC)C3CCC(C(=O)CC(OC)C(C(C)CC)N(C)C(=O)C(NC(=O)C(C(C)C)N(C)C)C(C)C)N3)CC2)N1)OC)N(C)C(=O)C(NC(=O)C(C(C)C)N(C)C)C(C)C. The summed E-state index contributed by atoms with van der Waals surface area (Å²) in [5.41, 5.74) is 0. The van der Waals surface area contributed by atoms with Gasteiger partial charge in [0.05, 0.1) is 72.5 Å². The summed E-state index contributed by atoms with van der Waals surface area (Å²) in [6, 6.07) is -4.91. The van der Waals surface area contributed by atoms with E-state index < -0.39 is 84.6 Å². The van der Waals surface area contributed by atoms with Crippen LogP contribution in [0, 0.1) is 47.3 Å². The van der Waals surface area contributed by atoms with Crippen LogP contribution >= 0.6 is 0 Å². The third-order valence-electron chi connectivity index (χ3n) is 19.7. The molecular weight excluding hydrogens is 1120 g/mol. The smallest absolute Gasteiger partial charge is 0.245 e. The maximum Gasteiger partial charge on any atom is 0.245 e. The lowest BCUT2D eigenvalue weighted by molar-refractivity contribution is -0.149. The molecule has 0 aliphatic carbocycles. The fraction of sp³-hybridized carbons (Fsp3) is 0.879. The lowest BCUT2D eigenvalue weighted by atomic mass is 9.88. The van der Waals surface area contributed by atoms with Gasteiger partial charge in [-0.1, -0.05) is 110 Å². The van der Waals surface area contributed by atoms with Crippen molar-refractivity contribution in [1.82, 2.24) is 50.7 Å². The van der Waals surface area contributed by atoms with Crippen molar-refractivity contribution in [2.24, 2.45) is 47.3 Å². The standard InChI is InChI=1S/C66H122N10O12/c1-25-41(11)57(73(19)65(83)53(37(3)4)69-61(79)55(39(7)8)71(15)16)51(85-21)35-49(77)45-27-29-47(67-45)59(87-23)43(13)63(81)75-31-33-76(34-32-75)64(82)44(14)60(88-24)48-30-28-46(68-48)50(78)36-52(86-22)58(42(12)26-2)74(20)66(84)54(38(5)6)70-62(80)56(40(9)10)72(17)18/h37-48,51-60,67-68H,25-36H2,1-24H3,(H,69,79)(H,70,80). The van der Waals surface area contributed by atoms with Crippen molar-refractivity contribution in [3.63, 3.8) is 0 Å². The van der Waals surface area contributed by atoms with Gasteiger partial charge in [0.15, 0.2) is 11.6 Å². The first-order valence-corrected chi connectivity index (χ1v) is 32.9. The molecule has 0 aromatic carbocycles. The number of Topliss-reactive ketones (excluding diaryl/α,β-unsaturated/α-hetero) is 2. The number of ether oxygens (including phenoxy) is 4. The minimum Gasteiger partial charge on any atom is -0.379 e. The second kappa shape index (κ2) is 36.2. The zero-order valence-corrected chi connectivity index (χ0v) is 58.8. The number of hydrogen-bond donors (Lipinski definition) is 4. The van der Waals surface area contributed by atoms with Gasteiger partial charge in [-0.05, 0) is 89.4 Å². The van der Waals surface area contributed by atoms with Gasteiger partial charge < -0.3 is 59.8 Å². The molecule has 18 unspecified atom stereocenters. The lowest BCUT2D eigenvalue weighted by Crippen LogP contribution is -2.59. The van der Waals surface area contributed by atoms with Gasteiger partial charge >= 0.3 is 0 Å². The van der Waals surface area contributed by atoms with E-state index in [0.717, 1.165) is 12.8 Å². The fourth-order valence-electron chi connectivity index (χ4n) is 14.4. The molecule has 6 amide bonds. The first-order valence-electron chi connectivity index (χ1n) is 32.9. The molecule has 88 heavy (non-hydrogen) atoms. The topological polar surface area (TPSA) is 241 Å². The highest BCUT2D eigenvalue weighted by Crippen LogP contribution is 2.31. The van der Waals surface area contributed by atoms with E-state index in [0.29, 0.717) is 51.9 Å². The number of methoxy groups -OCH3 is 4. The van der Waals surface area contributed by atoms with Crippen LogP contribution in [0.25, 0.3) is 0 Å². The Balaban J connectivity index is 1.63. The van der Waals surface area contributed by atoms with Gasteiger partial charge in [-0.2, -0.15) is 0 Å². The third kappa shape index (κ3) is 19.9. The second-order valence-electron chi connectivity index (χ2n) is 27.7. The monoisotopic (exact) mass is 1250 g/mol. The molecule has 3 heterocycles. The van der Waals surface area contributed by atoms with Gasteiger partial charge in [-0.25, -0.2) is 0 Å². The first-order chi connectivity index (χ1) is 41.2. The molecule has 0 saturated carbocycles. The summed E-state index contributed by atoms with van der Waals surface area (Å²) in [7, 11) is 17.2. The van der Waals surface area contributed by atoms with Crippen molar-refractivity contribution in [2.75, 3.05) is 96.9 Å². The maximum absolute atomic E-state index is 14.4. The normalized spacial score (nSPS) is 23.2. The van der Waals surface area contributed by atoms with E-state index in [1.54, 1.807) is 62.1 Å². The van der Waals surface area contributed by atoms with Crippen molar-refractivity contribution < 1.29 is 57.3 Å². The average Bonchev–Trinajstić information content (AvgIpc) is 2.57. The molecule has 3 aliphatic heterocycles. The quantitative estimate of drug-likeness (QED) is 0.0682. The summed E-state index contributed by atoms with van der Waals surface area (Å²) in [6.07, 6.45) is 1.53. The number of carbonyl (C=O) groups is 8. The Kier molecular flexibility index (Phi) is 32.1. The zero-order chi connectivity index (χ0) is 66.9. The predicted molar refractivity (Wildman–Crippen MR) is 344 cm³/mol. The highest BCUT2D eigenvalue weighted by atomic mass is 16.5. The van der Waals surface area contributed by atoms with Crippen LogP contribution in [0.5, 0.6) is 0 Å². The molecule has 0 spiro atoms. The van der Waals surface area contributed by atoms with Crippen molar-refractivity contribution in [1.29, 1.82) is 0 Å². The van der Waals surface area contributed by atoms with E-state index in [-0.39, 0.29) is 107 Å². The van der Waals surface area contributed by atoms with Gasteiger partial charge in [0.25, 0.3) is 0 Å². The molecule has 508 valence electrons. The maximum atomic E-state index is 14.4. The molecular formula is C66H122N10O12. The van der Waals surface area contributed by atoms with E-state index in [1.165, 1.54) is 0 Å².